The van der Waals surface area contributed by atoms with Crippen molar-refractivity contribution in [2.45, 2.75) is 25.7 Å². The summed E-state index contributed by atoms with van der Waals surface area (Å²) in [4.78, 5) is 8.26. The van der Waals surface area contributed by atoms with Crippen LogP contribution in [0.5, 0.6) is 0 Å². The Morgan fingerprint density at radius 3 is 2.90 bits per heavy atom. The number of nitrogens with zero attached hydrogens (tertiary/aromatic N) is 2. The number of nitrogens with two attached hydrogens (primary N) is 1. The third-order valence-electron chi connectivity index (χ3n) is 3.37. The number of halogens is 1. The lowest BCUT2D eigenvalue weighted by Crippen LogP contribution is -2.33. The minimum absolute atomic E-state index is 0. The molecule has 3 N–H and O–H groups in total. The maximum Gasteiger partial charge on any atom is 0.188 e. The molecule has 6 heteroatoms. The van der Waals surface area contributed by atoms with Gasteiger partial charge in [-0.1, -0.05) is 6.07 Å². The van der Waals surface area contributed by atoms with E-state index in [9.17, 15) is 0 Å². The summed E-state index contributed by atoms with van der Waals surface area (Å²) in [5, 5.41) is 5.27. The quantitative estimate of drug-likeness (QED) is 0.315. The van der Waals surface area contributed by atoms with Crippen LogP contribution in [-0.4, -0.2) is 43.6 Å². The maximum atomic E-state index is 5.84. The fourth-order valence-corrected chi connectivity index (χ4v) is 3.03. The monoisotopic (exact) mass is 408 g/mol. The molecule has 0 spiro atoms. The highest BCUT2D eigenvalue weighted by Crippen LogP contribution is 2.08. The first-order valence-electron chi connectivity index (χ1n) is 7.13. The largest absolute Gasteiger partial charge is 0.370 e. The van der Waals surface area contributed by atoms with Crippen LogP contribution >= 0.6 is 35.3 Å². The van der Waals surface area contributed by atoms with Crippen molar-refractivity contribution in [3.05, 3.63) is 22.4 Å². The van der Waals surface area contributed by atoms with Gasteiger partial charge >= 0.3 is 0 Å². The van der Waals surface area contributed by atoms with E-state index in [0.717, 1.165) is 32.5 Å². The predicted molar refractivity (Wildman–Crippen MR) is 98.2 cm³/mol. The second-order valence-electron chi connectivity index (χ2n) is 4.93. The zero-order chi connectivity index (χ0) is 13.3. The Morgan fingerprint density at radius 2 is 2.20 bits per heavy atom. The molecule has 1 aliphatic heterocycles. The fourth-order valence-electron chi connectivity index (χ4n) is 2.32. The Hall–Kier alpha value is -0.340. The molecular formula is C14H25IN4S. The smallest absolute Gasteiger partial charge is 0.188 e. The number of aliphatic imine (C=N–C) groups is 1. The highest BCUT2D eigenvalue weighted by molar-refractivity contribution is 14.0. The Kier molecular flexibility index (Phi) is 9.21. The lowest BCUT2D eigenvalue weighted by Gasteiger charge is -2.13. The van der Waals surface area contributed by atoms with Gasteiger partial charge in [-0.3, -0.25) is 4.99 Å². The molecule has 1 aliphatic rings. The van der Waals surface area contributed by atoms with Crippen LogP contribution in [0.2, 0.25) is 0 Å². The van der Waals surface area contributed by atoms with E-state index < -0.39 is 0 Å². The molecule has 0 aromatic carbocycles. The van der Waals surface area contributed by atoms with Crippen molar-refractivity contribution in [2.75, 3.05) is 32.7 Å². The molecule has 1 saturated heterocycles. The summed E-state index contributed by atoms with van der Waals surface area (Å²) in [6, 6.07) is 4.23. The molecule has 1 aromatic rings. The highest BCUT2D eigenvalue weighted by Gasteiger charge is 2.09. The van der Waals surface area contributed by atoms with Crippen LogP contribution in [0.3, 0.4) is 0 Å². The first-order valence-corrected chi connectivity index (χ1v) is 8.01. The standard InChI is InChI=1S/C14H24N4S.HI/c15-14(17-8-6-13-5-3-12-19-13)16-7-4-11-18-9-1-2-10-18;/h3,5,12H,1-2,4,6-11H2,(H3,15,16,17);1H. The van der Waals surface area contributed by atoms with Gasteiger partial charge in [0.05, 0.1) is 0 Å². The van der Waals surface area contributed by atoms with Crippen molar-refractivity contribution in [3.8, 4) is 0 Å². The van der Waals surface area contributed by atoms with E-state index in [2.05, 4.69) is 32.7 Å². The molecule has 0 bridgehead atoms. The van der Waals surface area contributed by atoms with Crippen LogP contribution in [0.1, 0.15) is 24.1 Å². The molecule has 0 atom stereocenters. The molecule has 2 heterocycles. The van der Waals surface area contributed by atoms with E-state index in [0.29, 0.717) is 5.96 Å². The van der Waals surface area contributed by atoms with Gasteiger partial charge in [0.2, 0.25) is 0 Å². The first kappa shape index (κ1) is 17.7. The van der Waals surface area contributed by atoms with Crippen LogP contribution in [-0.2, 0) is 6.42 Å². The number of guanidine groups is 1. The Labute approximate surface area is 142 Å². The Bertz CT molecular complexity index is 375. The normalized spacial score (nSPS) is 16.1. The second kappa shape index (κ2) is 10.4. The molecule has 20 heavy (non-hydrogen) atoms. The van der Waals surface area contributed by atoms with Gasteiger partial charge in [0.1, 0.15) is 0 Å². The summed E-state index contributed by atoms with van der Waals surface area (Å²) >= 11 is 1.78. The summed E-state index contributed by atoms with van der Waals surface area (Å²) in [7, 11) is 0. The van der Waals surface area contributed by atoms with Gasteiger partial charge < -0.3 is 16.0 Å². The molecule has 0 radical (unpaired) electrons. The lowest BCUT2D eigenvalue weighted by molar-refractivity contribution is 0.336. The average molecular weight is 408 g/mol. The van der Waals surface area contributed by atoms with Gasteiger partial charge in [0.15, 0.2) is 5.96 Å². The third-order valence-corrected chi connectivity index (χ3v) is 4.31. The average Bonchev–Trinajstić information content (AvgIpc) is 3.07. The number of hydrogen-bond donors (Lipinski definition) is 2. The van der Waals surface area contributed by atoms with Crippen molar-refractivity contribution in [3.63, 3.8) is 0 Å². The fraction of sp³-hybridized carbons (Fsp3) is 0.643. The summed E-state index contributed by atoms with van der Waals surface area (Å²) in [6.45, 7) is 5.37. The van der Waals surface area contributed by atoms with Gasteiger partial charge in [-0.05, 0) is 56.8 Å². The molecule has 4 nitrogen and oxygen atoms in total. The van der Waals surface area contributed by atoms with Crippen LogP contribution in [0, 0.1) is 0 Å². The van der Waals surface area contributed by atoms with E-state index in [1.54, 1.807) is 11.3 Å². The SMILES string of the molecule is I.NC(=NCCCN1CCCC1)NCCc1cccs1. The summed E-state index contributed by atoms with van der Waals surface area (Å²) in [5.41, 5.74) is 5.84. The summed E-state index contributed by atoms with van der Waals surface area (Å²) in [6.07, 6.45) is 4.83. The highest BCUT2D eigenvalue weighted by atomic mass is 127. The number of nitrogens with one attached hydrogen (secondary N) is 1. The van der Waals surface area contributed by atoms with E-state index >= 15 is 0 Å². The Balaban J connectivity index is 0.00000200. The minimum Gasteiger partial charge on any atom is -0.370 e. The van der Waals surface area contributed by atoms with E-state index in [4.69, 9.17) is 5.73 Å². The van der Waals surface area contributed by atoms with E-state index in [1.807, 2.05) is 0 Å². The van der Waals surface area contributed by atoms with E-state index in [1.165, 1.54) is 30.8 Å². The molecular weight excluding hydrogens is 383 g/mol. The number of thiophene rings is 1. The molecule has 1 fully saturated rings. The summed E-state index contributed by atoms with van der Waals surface area (Å²) < 4.78 is 0. The van der Waals surface area contributed by atoms with Crippen molar-refractivity contribution >= 4 is 41.3 Å². The van der Waals surface area contributed by atoms with Gasteiger partial charge in [-0.2, -0.15) is 0 Å². The van der Waals surface area contributed by atoms with E-state index in [-0.39, 0.29) is 24.0 Å². The van der Waals surface area contributed by atoms with Gasteiger partial charge in [-0.25, -0.2) is 0 Å². The molecule has 0 saturated carbocycles. The Morgan fingerprint density at radius 1 is 1.40 bits per heavy atom. The predicted octanol–water partition coefficient (Wildman–Crippen LogP) is 2.30. The topological polar surface area (TPSA) is 53.6 Å². The lowest BCUT2D eigenvalue weighted by atomic mass is 10.3. The maximum absolute atomic E-state index is 5.84. The van der Waals surface area contributed by atoms with Crippen molar-refractivity contribution in [1.82, 2.24) is 10.2 Å². The molecule has 114 valence electrons. The molecule has 2 rings (SSSR count). The zero-order valence-electron chi connectivity index (χ0n) is 11.9. The van der Waals surface area contributed by atoms with Gasteiger partial charge in [-0.15, -0.1) is 35.3 Å². The first-order chi connectivity index (χ1) is 9.34. The van der Waals surface area contributed by atoms with Crippen molar-refractivity contribution in [2.24, 2.45) is 10.7 Å². The minimum atomic E-state index is 0. The molecule has 0 aliphatic carbocycles. The van der Waals surface area contributed by atoms with Gasteiger partial charge in [0.25, 0.3) is 0 Å². The number of hydrogen-bond acceptors (Lipinski definition) is 3. The molecule has 0 amide bonds. The van der Waals surface area contributed by atoms with Crippen LogP contribution in [0.15, 0.2) is 22.5 Å². The van der Waals surface area contributed by atoms with Gasteiger partial charge in [0, 0.05) is 18.0 Å². The van der Waals surface area contributed by atoms with Crippen LogP contribution in [0.25, 0.3) is 0 Å². The van der Waals surface area contributed by atoms with Crippen LogP contribution in [0.4, 0.5) is 0 Å². The number of likely N-dealkylation sites (tertiary alicyclic amines) is 1. The third kappa shape index (κ3) is 6.90. The van der Waals surface area contributed by atoms with Crippen LogP contribution < -0.4 is 11.1 Å². The van der Waals surface area contributed by atoms with Crippen molar-refractivity contribution in [1.29, 1.82) is 0 Å². The van der Waals surface area contributed by atoms with Crippen molar-refractivity contribution < 1.29 is 0 Å². The molecule has 0 unspecified atom stereocenters. The molecule has 1 aromatic heterocycles. The zero-order valence-corrected chi connectivity index (χ0v) is 15.0. The second-order valence-corrected chi connectivity index (χ2v) is 5.96. The number of rotatable bonds is 7. The summed E-state index contributed by atoms with van der Waals surface area (Å²) in [5.74, 6) is 0.581.